The van der Waals surface area contributed by atoms with Crippen molar-refractivity contribution in [1.82, 2.24) is 0 Å². The second kappa shape index (κ2) is 5.73. The average Bonchev–Trinajstić information content (AvgIpc) is 2.35. The van der Waals surface area contributed by atoms with E-state index < -0.39 is 33.1 Å². The lowest BCUT2D eigenvalue weighted by molar-refractivity contribution is -0.140. The monoisotopic (exact) mass is 190 g/mol. The lowest BCUT2D eigenvalue weighted by Gasteiger charge is -2.16. The van der Waals surface area contributed by atoms with Crippen LogP contribution in [-0.2, 0) is 9.47 Å². The van der Waals surface area contributed by atoms with Gasteiger partial charge in [0.25, 0.3) is 0 Å². The third-order valence-electron chi connectivity index (χ3n) is 1.40. The Hall–Kier alpha value is -0.860. The predicted octanol–water partition coefficient (Wildman–Crippen LogP) is 2.76. The number of ether oxygens (including phenoxy) is 2. The van der Waals surface area contributed by atoms with Crippen molar-refractivity contribution in [3.05, 3.63) is 35.9 Å². The zero-order valence-electron chi connectivity index (χ0n) is 16.8. The Morgan fingerprint density at radius 2 is 1.85 bits per heavy atom. The lowest BCUT2D eigenvalue weighted by Crippen LogP contribution is -2.08. The molecule has 0 unspecified atom stereocenters. The first kappa shape index (κ1) is 3.07. The molecule has 0 aliphatic rings. The fourth-order valence-corrected chi connectivity index (χ4v) is 0.877. The molecule has 2 heteroatoms. The third kappa shape index (κ3) is 3.17. The van der Waals surface area contributed by atoms with Crippen LogP contribution in [0.2, 0.25) is 0 Å². The van der Waals surface area contributed by atoms with Crippen LogP contribution < -0.4 is 0 Å². The molecule has 0 atom stereocenters. The van der Waals surface area contributed by atoms with E-state index in [4.69, 9.17) is 23.2 Å². The minimum absolute atomic E-state index is 0.0775. The molecule has 1 rings (SSSR count). The highest BCUT2D eigenvalue weighted by Gasteiger charge is 2.09. The van der Waals surface area contributed by atoms with Crippen LogP contribution in [0.1, 0.15) is 39.3 Å². The number of hydrogen-bond donors (Lipinski definition) is 0. The number of hydrogen-bond acceptors (Lipinski definition) is 2. The maximum absolute atomic E-state index is 7.46. The summed E-state index contributed by atoms with van der Waals surface area (Å²) in [7, 11) is 0. The minimum atomic E-state index is -3.17. The topological polar surface area (TPSA) is 18.5 Å². The summed E-state index contributed by atoms with van der Waals surface area (Å²) in [6, 6.07) is 7.36. The van der Waals surface area contributed by atoms with Crippen molar-refractivity contribution < 1.29 is 23.2 Å². The molecule has 0 aliphatic heterocycles. The van der Waals surface area contributed by atoms with Crippen LogP contribution in [0.4, 0.5) is 0 Å². The van der Waals surface area contributed by atoms with E-state index in [1.54, 1.807) is 6.07 Å². The van der Waals surface area contributed by atoms with Crippen LogP contribution in [0.3, 0.4) is 0 Å². The highest BCUT2D eigenvalue weighted by molar-refractivity contribution is 5.15. The van der Waals surface area contributed by atoms with Gasteiger partial charge in [-0.3, -0.25) is 0 Å². The highest BCUT2D eigenvalue weighted by atomic mass is 16.7. The molecule has 0 spiro atoms. The maximum atomic E-state index is 7.46. The summed E-state index contributed by atoms with van der Waals surface area (Å²) in [5.41, 5.74) is 0.0775. The Morgan fingerprint density at radius 1 is 1.23 bits per heavy atom. The normalized spacial score (nSPS) is 26.2. The van der Waals surface area contributed by atoms with E-state index in [0.717, 1.165) is 0 Å². The Morgan fingerprint density at radius 3 is 2.38 bits per heavy atom. The second-order valence-corrected chi connectivity index (χ2v) is 2.18. The first-order valence-electron chi connectivity index (χ1n) is 8.58. The van der Waals surface area contributed by atoms with Gasteiger partial charge in [0, 0.05) is 26.9 Å². The molecule has 0 amide bonds. The number of rotatable bonds is 5. The lowest BCUT2D eigenvalue weighted by atomic mass is 10.2. The van der Waals surface area contributed by atoms with Gasteiger partial charge in [0.15, 0.2) is 6.29 Å². The van der Waals surface area contributed by atoms with Crippen LogP contribution >= 0.6 is 0 Å². The van der Waals surface area contributed by atoms with Gasteiger partial charge in [-0.2, -0.15) is 0 Å². The van der Waals surface area contributed by atoms with Gasteiger partial charge in [-0.25, -0.2) is 0 Å². The molecule has 0 bridgehead atoms. The van der Waals surface area contributed by atoms with Gasteiger partial charge in [0.05, 0.1) is 5.48 Å². The standard InChI is InChI=1S/C11H16O2/c1-3-12-11(13-4-2)10-8-6-5-7-9-10/h5-9,11H,3-4H2,1-2H3/i1D3,2D3,3D2,4D2. The van der Waals surface area contributed by atoms with E-state index in [1.807, 2.05) is 0 Å². The van der Waals surface area contributed by atoms with Crippen LogP contribution in [0.15, 0.2) is 30.3 Å². The summed E-state index contributed by atoms with van der Waals surface area (Å²) in [4.78, 5) is 0. The molecule has 0 radical (unpaired) electrons. The Labute approximate surface area is 93.5 Å². The SMILES string of the molecule is [2H]C([2H])([2H])C([2H])([2H])OC(OC([2H])([2H])C([2H])([2H])[2H])c1ccccc1. The Bertz CT molecular complexity index is 480. The molecule has 0 fully saturated rings. The van der Waals surface area contributed by atoms with Gasteiger partial charge in [0.1, 0.15) is 0 Å². The summed E-state index contributed by atoms with van der Waals surface area (Å²) >= 11 is 0. The summed E-state index contributed by atoms with van der Waals surface area (Å²) in [5, 5.41) is 0. The van der Waals surface area contributed by atoms with Gasteiger partial charge in [-0.15, -0.1) is 0 Å². The van der Waals surface area contributed by atoms with Crippen LogP contribution in [-0.4, -0.2) is 13.1 Å². The first-order chi connectivity index (χ1) is 10.2. The largest absolute Gasteiger partial charge is 0.349 e. The van der Waals surface area contributed by atoms with E-state index in [2.05, 4.69) is 0 Å². The highest BCUT2D eigenvalue weighted by Crippen LogP contribution is 2.17. The fraction of sp³-hybridized carbons (Fsp3) is 0.455. The molecule has 1 aromatic rings. The van der Waals surface area contributed by atoms with E-state index >= 15 is 0 Å². The Kier molecular flexibility index (Phi) is 1.35. The van der Waals surface area contributed by atoms with Gasteiger partial charge in [-0.05, 0) is 13.7 Å². The third-order valence-corrected chi connectivity index (χ3v) is 1.40. The minimum Gasteiger partial charge on any atom is -0.349 e. The summed E-state index contributed by atoms with van der Waals surface area (Å²) < 4.78 is 82.1. The number of benzene rings is 1. The molecular weight excluding hydrogens is 164 g/mol. The summed E-state index contributed by atoms with van der Waals surface area (Å²) in [6.07, 6.45) is -1.86. The van der Waals surface area contributed by atoms with Gasteiger partial charge < -0.3 is 9.47 Å². The van der Waals surface area contributed by atoms with Gasteiger partial charge >= 0.3 is 0 Å². The summed E-state index contributed by atoms with van der Waals surface area (Å²) in [5.74, 6) is 0. The molecule has 0 saturated heterocycles. The van der Waals surface area contributed by atoms with Gasteiger partial charge in [0.2, 0.25) is 0 Å². The van der Waals surface area contributed by atoms with E-state index in [9.17, 15) is 0 Å². The molecular formula is C11H16O2. The molecule has 2 nitrogen and oxygen atoms in total. The summed E-state index contributed by atoms with van der Waals surface area (Å²) in [6.45, 7) is -12.7. The van der Waals surface area contributed by atoms with E-state index in [-0.39, 0.29) is 5.56 Å². The molecule has 0 aromatic heterocycles. The molecule has 0 saturated carbocycles. The molecule has 1 aromatic carbocycles. The second-order valence-electron chi connectivity index (χ2n) is 2.18. The molecule has 13 heavy (non-hydrogen) atoms. The van der Waals surface area contributed by atoms with Crippen molar-refractivity contribution in [3.63, 3.8) is 0 Å². The van der Waals surface area contributed by atoms with Crippen molar-refractivity contribution in [2.45, 2.75) is 20.0 Å². The van der Waals surface area contributed by atoms with Crippen molar-refractivity contribution in [1.29, 1.82) is 0 Å². The zero-order valence-corrected chi connectivity index (χ0v) is 6.78. The fourth-order valence-electron chi connectivity index (χ4n) is 0.877. The molecule has 0 aliphatic carbocycles. The van der Waals surface area contributed by atoms with Crippen LogP contribution in [0.25, 0.3) is 0 Å². The van der Waals surface area contributed by atoms with Crippen molar-refractivity contribution in [3.8, 4) is 0 Å². The van der Waals surface area contributed by atoms with Crippen LogP contribution in [0.5, 0.6) is 0 Å². The molecule has 72 valence electrons. The van der Waals surface area contributed by atoms with Gasteiger partial charge in [-0.1, -0.05) is 30.3 Å². The van der Waals surface area contributed by atoms with Crippen molar-refractivity contribution in [2.24, 2.45) is 0 Å². The average molecular weight is 190 g/mol. The molecule has 0 heterocycles. The Balaban J connectivity index is 3.15. The van der Waals surface area contributed by atoms with Crippen molar-refractivity contribution in [2.75, 3.05) is 13.1 Å². The predicted molar refractivity (Wildman–Crippen MR) is 52.4 cm³/mol. The quantitative estimate of drug-likeness (QED) is 0.665. The smallest absolute Gasteiger partial charge is 0.183 e. The maximum Gasteiger partial charge on any atom is 0.183 e. The first-order valence-corrected chi connectivity index (χ1v) is 3.58. The zero-order chi connectivity index (χ0) is 18.1. The van der Waals surface area contributed by atoms with Crippen molar-refractivity contribution >= 4 is 0 Å². The molecule has 0 N–H and O–H groups in total. The van der Waals surface area contributed by atoms with E-state index in [1.165, 1.54) is 24.3 Å². The van der Waals surface area contributed by atoms with E-state index in [0.29, 0.717) is 0 Å². The van der Waals surface area contributed by atoms with Crippen LogP contribution in [0, 0.1) is 0 Å².